The molecule has 1 unspecified atom stereocenters. The average molecular weight is 386 g/mol. The predicted molar refractivity (Wildman–Crippen MR) is 102 cm³/mol. The monoisotopic (exact) mass is 386 g/mol. The van der Waals surface area contributed by atoms with Crippen molar-refractivity contribution in [1.82, 2.24) is 20.0 Å². The fraction of sp³-hybridized carbons (Fsp3) is 0.421. The molecule has 4 rings (SSSR count). The zero-order valence-corrected chi connectivity index (χ0v) is 16.0. The third-order valence-corrected chi connectivity index (χ3v) is 5.42. The minimum absolute atomic E-state index is 0.179. The van der Waals surface area contributed by atoms with Crippen molar-refractivity contribution in [1.29, 1.82) is 0 Å². The highest BCUT2D eigenvalue weighted by Crippen LogP contribution is 2.33. The quantitative estimate of drug-likeness (QED) is 0.548. The van der Waals surface area contributed by atoms with E-state index in [0.29, 0.717) is 30.8 Å². The van der Waals surface area contributed by atoms with E-state index in [9.17, 15) is 0 Å². The second-order valence-electron chi connectivity index (χ2n) is 6.39. The Morgan fingerprint density at radius 2 is 2.26 bits per heavy atom. The summed E-state index contributed by atoms with van der Waals surface area (Å²) in [7, 11) is 1.64. The molecule has 0 aromatic carbocycles. The van der Waals surface area contributed by atoms with Crippen molar-refractivity contribution in [3.05, 3.63) is 46.6 Å². The van der Waals surface area contributed by atoms with Gasteiger partial charge in [-0.25, -0.2) is 4.98 Å². The molecule has 0 aliphatic carbocycles. The summed E-state index contributed by atoms with van der Waals surface area (Å²) in [6, 6.07) is 8.13. The lowest BCUT2D eigenvalue weighted by atomic mass is 10.2. The molecule has 27 heavy (non-hydrogen) atoms. The smallest absolute Gasteiger partial charge is 0.244 e. The highest BCUT2D eigenvalue weighted by Gasteiger charge is 2.31. The molecule has 0 amide bonds. The number of rotatable bonds is 8. The Labute approximate surface area is 161 Å². The predicted octanol–water partition coefficient (Wildman–Crippen LogP) is 3.56. The number of ether oxygens (including phenoxy) is 2. The van der Waals surface area contributed by atoms with E-state index in [-0.39, 0.29) is 6.04 Å². The topological polar surface area (TPSA) is 73.5 Å². The Hall–Kier alpha value is -2.29. The first-order valence-electron chi connectivity index (χ1n) is 9.01. The molecule has 4 heterocycles. The lowest BCUT2D eigenvalue weighted by Gasteiger charge is -2.20. The van der Waals surface area contributed by atoms with Gasteiger partial charge in [0.2, 0.25) is 17.6 Å². The van der Waals surface area contributed by atoms with Crippen LogP contribution in [0.15, 0.2) is 40.4 Å². The molecule has 0 N–H and O–H groups in total. The van der Waals surface area contributed by atoms with Crippen LogP contribution in [0, 0.1) is 0 Å². The second kappa shape index (κ2) is 8.60. The van der Waals surface area contributed by atoms with Gasteiger partial charge in [0.15, 0.2) is 0 Å². The molecule has 7 nitrogen and oxygen atoms in total. The Bertz CT molecular complexity index is 835. The first-order valence-corrected chi connectivity index (χ1v) is 9.89. The highest BCUT2D eigenvalue weighted by molar-refractivity contribution is 7.09. The maximum Gasteiger partial charge on any atom is 0.244 e. The van der Waals surface area contributed by atoms with E-state index in [0.717, 1.165) is 31.5 Å². The van der Waals surface area contributed by atoms with E-state index in [1.165, 1.54) is 4.88 Å². The summed E-state index contributed by atoms with van der Waals surface area (Å²) < 4.78 is 16.0. The molecule has 1 aliphatic rings. The van der Waals surface area contributed by atoms with Gasteiger partial charge >= 0.3 is 0 Å². The summed E-state index contributed by atoms with van der Waals surface area (Å²) in [5.74, 6) is 1.79. The molecule has 1 aliphatic heterocycles. The molecule has 1 saturated heterocycles. The van der Waals surface area contributed by atoms with E-state index in [4.69, 9.17) is 14.0 Å². The van der Waals surface area contributed by atoms with Gasteiger partial charge in [0, 0.05) is 36.4 Å². The third-order valence-electron chi connectivity index (χ3n) is 4.56. The van der Waals surface area contributed by atoms with Crippen molar-refractivity contribution in [3.63, 3.8) is 0 Å². The largest absolute Gasteiger partial charge is 0.475 e. The summed E-state index contributed by atoms with van der Waals surface area (Å²) in [6.45, 7) is 2.97. The summed E-state index contributed by atoms with van der Waals surface area (Å²) in [6.07, 6.45) is 3.88. The molecule has 0 saturated carbocycles. The summed E-state index contributed by atoms with van der Waals surface area (Å²) in [5.41, 5.74) is 0.812. The number of aromatic nitrogens is 3. The lowest BCUT2D eigenvalue weighted by Crippen LogP contribution is -2.22. The Morgan fingerprint density at radius 3 is 3.04 bits per heavy atom. The van der Waals surface area contributed by atoms with Crippen LogP contribution in [0.2, 0.25) is 0 Å². The minimum atomic E-state index is 0.179. The van der Waals surface area contributed by atoms with Gasteiger partial charge in [0.25, 0.3) is 0 Å². The first-order chi connectivity index (χ1) is 13.3. The third kappa shape index (κ3) is 4.35. The number of hydrogen-bond donors (Lipinski definition) is 0. The van der Waals surface area contributed by atoms with Crippen LogP contribution >= 0.6 is 11.3 Å². The fourth-order valence-electron chi connectivity index (χ4n) is 3.21. The number of thiophene rings is 1. The van der Waals surface area contributed by atoms with Crippen LogP contribution in [0.3, 0.4) is 0 Å². The summed E-state index contributed by atoms with van der Waals surface area (Å²) in [4.78, 5) is 12.7. The van der Waals surface area contributed by atoms with Crippen LogP contribution < -0.4 is 4.74 Å². The van der Waals surface area contributed by atoms with Gasteiger partial charge in [0.1, 0.15) is 6.61 Å². The van der Waals surface area contributed by atoms with Crippen molar-refractivity contribution in [2.24, 2.45) is 0 Å². The van der Waals surface area contributed by atoms with E-state index >= 15 is 0 Å². The summed E-state index contributed by atoms with van der Waals surface area (Å²) in [5, 5.41) is 6.27. The van der Waals surface area contributed by atoms with Crippen LogP contribution in [-0.2, 0) is 11.3 Å². The van der Waals surface area contributed by atoms with Gasteiger partial charge in [-0.05, 0) is 36.9 Å². The molecule has 3 aromatic heterocycles. The van der Waals surface area contributed by atoms with Crippen LogP contribution in [0.1, 0.15) is 29.7 Å². The SMILES string of the molecule is COCCOc1ccc(-c2noc(C3CCCN3Cc3cccs3)n2)cn1. The van der Waals surface area contributed by atoms with Crippen molar-refractivity contribution < 1.29 is 14.0 Å². The maximum atomic E-state index is 5.59. The number of hydrogen-bond acceptors (Lipinski definition) is 8. The van der Waals surface area contributed by atoms with Crippen LogP contribution in [0.4, 0.5) is 0 Å². The molecule has 0 radical (unpaired) electrons. The molecule has 142 valence electrons. The molecule has 0 spiro atoms. The number of pyridine rings is 1. The van der Waals surface area contributed by atoms with Crippen molar-refractivity contribution >= 4 is 11.3 Å². The van der Waals surface area contributed by atoms with E-state index in [1.807, 2.05) is 6.07 Å². The molecule has 0 bridgehead atoms. The lowest BCUT2D eigenvalue weighted by molar-refractivity contribution is 0.144. The zero-order valence-electron chi connectivity index (χ0n) is 15.2. The average Bonchev–Trinajstić information content (AvgIpc) is 3.45. The normalized spacial score (nSPS) is 17.4. The molecular weight excluding hydrogens is 364 g/mol. The van der Waals surface area contributed by atoms with Gasteiger partial charge < -0.3 is 14.0 Å². The van der Waals surface area contributed by atoms with Crippen LogP contribution in [0.5, 0.6) is 5.88 Å². The van der Waals surface area contributed by atoms with Crippen molar-refractivity contribution in [2.45, 2.75) is 25.4 Å². The maximum absolute atomic E-state index is 5.59. The number of likely N-dealkylation sites (tertiary alicyclic amines) is 1. The first kappa shape index (κ1) is 18.1. The van der Waals surface area contributed by atoms with Crippen molar-refractivity contribution in [3.8, 4) is 17.3 Å². The Kier molecular flexibility index (Phi) is 5.76. The van der Waals surface area contributed by atoms with Crippen molar-refractivity contribution in [2.75, 3.05) is 26.9 Å². The Balaban J connectivity index is 1.43. The van der Waals surface area contributed by atoms with Gasteiger partial charge in [-0.2, -0.15) is 4.98 Å². The van der Waals surface area contributed by atoms with E-state index in [2.05, 4.69) is 37.5 Å². The molecule has 1 fully saturated rings. The van der Waals surface area contributed by atoms with Crippen LogP contribution in [0.25, 0.3) is 11.4 Å². The zero-order chi connectivity index (χ0) is 18.5. The van der Waals surface area contributed by atoms with E-state index in [1.54, 1.807) is 30.7 Å². The Morgan fingerprint density at radius 1 is 1.30 bits per heavy atom. The number of nitrogens with zero attached hydrogens (tertiary/aromatic N) is 4. The van der Waals surface area contributed by atoms with Gasteiger partial charge in [-0.3, -0.25) is 4.90 Å². The highest BCUT2D eigenvalue weighted by atomic mass is 32.1. The van der Waals surface area contributed by atoms with E-state index < -0.39 is 0 Å². The van der Waals surface area contributed by atoms with Crippen LogP contribution in [-0.4, -0.2) is 46.9 Å². The molecule has 8 heteroatoms. The van der Waals surface area contributed by atoms with Gasteiger partial charge in [0.05, 0.1) is 12.6 Å². The molecule has 1 atom stereocenters. The number of methoxy groups -OCH3 is 1. The van der Waals surface area contributed by atoms with Gasteiger partial charge in [-0.15, -0.1) is 11.3 Å². The molecular formula is C19H22N4O3S. The standard InChI is InChI=1S/C19H22N4O3S/c1-24-9-10-25-17-7-6-14(12-20-17)18-21-19(26-22-18)16-5-2-8-23(16)13-15-4-3-11-27-15/h3-4,6-7,11-12,16H,2,5,8-10,13H2,1H3. The second-order valence-corrected chi connectivity index (χ2v) is 7.42. The fourth-order valence-corrected chi connectivity index (χ4v) is 3.94. The minimum Gasteiger partial charge on any atom is -0.475 e. The summed E-state index contributed by atoms with van der Waals surface area (Å²) >= 11 is 1.78. The van der Waals surface area contributed by atoms with Gasteiger partial charge in [-0.1, -0.05) is 11.2 Å². The molecule has 3 aromatic rings.